The van der Waals surface area contributed by atoms with Gasteiger partial charge in [-0.2, -0.15) is 0 Å². The lowest BCUT2D eigenvalue weighted by Gasteiger charge is -2.34. The summed E-state index contributed by atoms with van der Waals surface area (Å²) < 4.78 is 0.704. The third-order valence-electron chi connectivity index (χ3n) is 3.34. The lowest BCUT2D eigenvalue weighted by atomic mass is 10.2. The molecular weight excluding hydrogens is 362 g/mol. The van der Waals surface area contributed by atoms with Crippen molar-refractivity contribution >= 4 is 39.4 Å². The monoisotopic (exact) mass is 375 g/mol. The molecule has 1 aliphatic heterocycles. The first kappa shape index (κ1) is 16.2. The molecule has 1 N–H and O–H groups in total. The number of carboxylic acids is 1. The van der Waals surface area contributed by atoms with Crippen LogP contribution in [0, 0.1) is 0 Å². The zero-order valence-electron chi connectivity index (χ0n) is 11.3. The van der Waals surface area contributed by atoms with Crippen molar-refractivity contribution in [2.24, 2.45) is 0 Å². The molecule has 1 aromatic rings. The zero-order chi connectivity index (χ0) is 15.4. The molecule has 8 heteroatoms. The number of aromatic nitrogens is 1. The summed E-state index contributed by atoms with van der Waals surface area (Å²) in [4.78, 5) is 30.7. The summed E-state index contributed by atoms with van der Waals surface area (Å²) in [6.45, 7) is 2.95. The number of pyridine rings is 1. The predicted octanol–water partition coefficient (Wildman–Crippen LogP) is 1.73. The van der Waals surface area contributed by atoms with Crippen molar-refractivity contribution in [2.45, 2.75) is 6.42 Å². The molecule has 0 atom stereocenters. The van der Waals surface area contributed by atoms with Crippen LogP contribution in [0.2, 0.25) is 5.15 Å². The van der Waals surface area contributed by atoms with Crippen molar-refractivity contribution in [1.82, 2.24) is 14.8 Å². The number of carboxylic acid groups (broad SMARTS) is 1. The van der Waals surface area contributed by atoms with Gasteiger partial charge in [-0.3, -0.25) is 14.5 Å². The van der Waals surface area contributed by atoms with Gasteiger partial charge < -0.3 is 10.0 Å². The van der Waals surface area contributed by atoms with Gasteiger partial charge in [-0.15, -0.1) is 0 Å². The Labute approximate surface area is 135 Å². The molecule has 2 rings (SSSR count). The van der Waals surface area contributed by atoms with E-state index in [1.54, 1.807) is 17.2 Å². The fourth-order valence-electron chi connectivity index (χ4n) is 2.17. The van der Waals surface area contributed by atoms with Gasteiger partial charge in [0.2, 0.25) is 0 Å². The number of carbonyl (C=O) groups is 2. The second kappa shape index (κ2) is 7.20. The smallest absolute Gasteiger partial charge is 0.304 e. The Kier molecular flexibility index (Phi) is 5.55. The molecule has 1 amide bonds. The van der Waals surface area contributed by atoms with E-state index in [1.807, 2.05) is 4.90 Å². The lowest BCUT2D eigenvalue weighted by Crippen LogP contribution is -2.49. The van der Waals surface area contributed by atoms with E-state index in [2.05, 4.69) is 20.9 Å². The van der Waals surface area contributed by atoms with Crippen molar-refractivity contribution in [3.8, 4) is 0 Å². The minimum Gasteiger partial charge on any atom is -0.481 e. The predicted molar refractivity (Wildman–Crippen MR) is 81.5 cm³/mol. The molecule has 0 spiro atoms. The normalized spacial score (nSPS) is 16.0. The Bertz CT molecular complexity index is 547. The van der Waals surface area contributed by atoms with E-state index in [0.717, 1.165) is 0 Å². The van der Waals surface area contributed by atoms with Crippen molar-refractivity contribution in [3.05, 3.63) is 27.5 Å². The van der Waals surface area contributed by atoms with E-state index >= 15 is 0 Å². The lowest BCUT2D eigenvalue weighted by molar-refractivity contribution is -0.137. The fraction of sp³-hybridized carbons (Fsp3) is 0.462. The SMILES string of the molecule is O=C(O)CCN1CCN(C(=O)c2cc(Br)cnc2Cl)CC1. The van der Waals surface area contributed by atoms with Crippen LogP contribution < -0.4 is 0 Å². The molecule has 21 heavy (non-hydrogen) atoms. The van der Waals surface area contributed by atoms with Crippen LogP contribution in [0.15, 0.2) is 16.7 Å². The first-order valence-electron chi connectivity index (χ1n) is 6.52. The van der Waals surface area contributed by atoms with Crippen molar-refractivity contribution in [2.75, 3.05) is 32.7 Å². The van der Waals surface area contributed by atoms with Gasteiger partial charge in [-0.05, 0) is 22.0 Å². The summed E-state index contributed by atoms with van der Waals surface area (Å²) >= 11 is 9.24. The minimum atomic E-state index is -0.805. The standard InChI is InChI=1S/C13H15BrClN3O3/c14-9-7-10(12(15)16-8-9)13(21)18-5-3-17(4-6-18)2-1-11(19)20/h7-8H,1-6H2,(H,19,20). The zero-order valence-corrected chi connectivity index (χ0v) is 13.6. The molecule has 2 heterocycles. The Hall–Kier alpha value is -1.18. The van der Waals surface area contributed by atoms with Crippen LogP contribution >= 0.6 is 27.5 Å². The molecule has 0 aliphatic carbocycles. The summed E-state index contributed by atoms with van der Waals surface area (Å²) in [5.74, 6) is -0.952. The van der Waals surface area contributed by atoms with Gasteiger partial charge in [-0.1, -0.05) is 11.6 Å². The number of piperazine rings is 1. The molecule has 0 radical (unpaired) electrons. The maximum Gasteiger partial charge on any atom is 0.304 e. The topological polar surface area (TPSA) is 73.7 Å². The summed E-state index contributed by atoms with van der Waals surface area (Å²) in [5, 5.41) is 8.86. The Morgan fingerprint density at radius 2 is 2.00 bits per heavy atom. The van der Waals surface area contributed by atoms with Crippen LogP contribution in [0.1, 0.15) is 16.8 Å². The molecule has 1 fully saturated rings. The summed E-state index contributed by atoms with van der Waals surface area (Å²) in [7, 11) is 0. The highest BCUT2D eigenvalue weighted by molar-refractivity contribution is 9.10. The van der Waals surface area contributed by atoms with Crippen molar-refractivity contribution in [1.29, 1.82) is 0 Å². The first-order valence-corrected chi connectivity index (χ1v) is 7.69. The quantitative estimate of drug-likeness (QED) is 0.810. The molecular formula is C13H15BrClN3O3. The van der Waals surface area contributed by atoms with E-state index in [4.69, 9.17) is 16.7 Å². The van der Waals surface area contributed by atoms with E-state index in [1.165, 1.54) is 0 Å². The van der Waals surface area contributed by atoms with Crippen LogP contribution in [0.5, 0.6) is 0 Å². The molecule has 1 saturated heterocycles. The number of hydrogen-bond acceptors (Lipinski definition) is 4. The number of amides is 1. The van der Waals surface area contributed by atoms with Crippen LogP contribution in [0.3, 0.4) is 0 Å². The molecule has 0 bridgehead atoms. The Morgan fingerprint density at radius 1 is 1.33 bits per heavy atom. The Balaban J connectivity index is 1.94. The third kappa shape index (κ3) is 4.39. The molecule has 1 aromatic heterocycles. The molecule has 0 aromatic carbocycles. The van der Waals surface area contributed by atoms with Crippen LogP contribution in [0.4, 0.5) is 0 Å². The molecule has 0 unspecified atom stereocenters. The van der Waals surface area contributed by atoms with Crippen LogP contribution in [-0.4, -0.2) is 64.5 Å². The highest BCUT2D eigenvalue weighted by Gasteiger charge is 2.24. The number of carbonyl (C=O) groups excluding carboxylic acids is 1. The molecule has 1 aliphatic rings. The number of rotatable bonds is 4. The van der Waals surface area contributed by atoms with E-state index < -0.39 is 5.97 Å². The molecule has 114 valence electrons. The molecule has 0 saturated carbocycles. The Morgan fingerprint density at radius 3 is 2.62 bits per heavy atom. The summed E-state index contributed by atoms with van der Waals surface area (Å²) in [6, 6.07) is 1.66. The number of halogens is 2. The van der Waals surface area contributed by atoms with Gasteiger partial charge in [0, 0.05) is 43.4 Å². The maximum atomic E-state index is 12.4. The van der Waals surface area contributed by atoms with Gasteiger partial charge in [0.25, 0.3) is 5.91 Å². The number of hydrogen-bond donors (Lipinski definition) is 1. The average Bonchev–Trinajstić information content (AvgIpc) is 2.47. The van der Waals surface area contributed by atoms with Gasteiger partial charge in [0.1, 0.15) is 5.15 Å². The maximum absolute atomic E-state index is 12.4. The highest BCUT2D eigenvalue weighted by Crippen LogP contribution is 2.20. The first-order chi connectivity index (χ1) is 9.97. The minimum absolute atomic E-state index is 0.120. The number of nitrogens with zero attached hydrogens (tertiary/aromatic N) is 3. The van der Waals surface area contributed by atoms with E-state index in [9.17, 15) is 9.59 Å². The van der Waals surface area contributed by atoms with E-state index in [-0.39, 0.29) is 17.5 Å². The summed E-state index contributed by atoms with van der Waals surface area (Å²) in [6.07, 6.45) is 1.66. The molecule has 6 nitrogen and oxygen atoms in total. The van der Waals surface area contributed by atoms with Gasteiger partial charge in [-0.25, -0.2) is 4.98 Å². The second-order valence-corrected chi connectivity index (χ2v) is 6.04. The van der Waals surface area contributed by atoms with E-state index in [0.29, 0.717) is 42.8 Å². The largest absolute Gasteiger partial charge is 0.481 e. The van der Waals surface area contributed by atoms with Crippen molar-refractivity contribution in [3.63, 3.8) is 0 Å². The fourth-order valence-corrected chi connectivity index (χ4v) is 2.69. The van der Waals surface area contributed by atoms with Gasteiger partial charge in [0.15, 0.2) is 0 Å². The second-order valence-electron chi connectivity index (χ2n) is 4.77. The third-order valence-corrected chi connectivity index (χ3v) is 4.07. The average molecular weight is 377 g/mol. The summed E-state index contributed by atoms with van der Waals surface area (Å²) in [5.41, 5.74) is 0.380. The highest BCUT2D eigenvalue weighted by atomic mass is 79.9. The van der Waals surface area contributed by atoms with Crippen LogP contribution in [0.25, 0.3) is 0 Å². The number of aliphatic carboxylic acids is 1. The van der Waals surface area contributed by atoms with Gasteiger partial charge in [0.05, 0.1) is 12.0 Å². The van der Waals surface area contributed by atoms with Crippen LogP contribution in [-0.2, 0) is 4.79 Å². The van der Waals surface area contributed by atoms with Crippen molar-refractivity contribution < 1.29 is 14.7 Å². The van der Waals surface area contributed by atoms with Gasteiger partial charge >= 0.3 is 5.97 Å².